The minimum atomic E-state index is -5.08. The van der Waals surface area contributed by atoms with Crippen molar-refractivity contribution in [3.8, 4) is 0 Å². The lowest BCUT2D eigenvalue weighted by molar-refractivity contribution is -0.192. The molecule has 0 fully saturated rings. The van der Waals surface area contributed by atoms with E-state index in [1.165, 1.54) is 12.1 Å². The molecule has 0 aliphatic carbocycles. The molecule has 8 nitrogen and oxygen atoms in total. The number of nitrogens with one attached hydrogen (secondary N) is 1. The van der Waals surface area contributed by atoms with Gasteiger partial charge in [0.15, 0.2) is 0 Å². The average molecular weight is 533 g/mol. The number of sulfonamides is 1. The number of hydrogen-bond acceptors (Lipinski definition) is 5. The van der Waals surface area contributed by atoms with Crippen LogP contribution in [0.4, 0.5) is 24.5 Å². The number of carboxylic acids is 2. The highest BCUT2D eigenvalue weighted by atomic mass is 32.2. The summed E-state index contributed by atoms with van der Waals surface area (Å²) in [6.07, 6.45) is -5.08. The van der Waals surface area contributed by atoms with Crippen LogP contribution in [0, 0.1) is 18.8 Å². The second-order valence-electron chi connectivity index (χ2n) is 8.90. The topological polar surface area (TPSA) is 124 Å². The van der Waals surface area contributed by atoms with Crippen molar-refractivity contribution in [2.45, 2.75) is 45.7 Å². The number of benzene rings is 2. The van der Waals surface area contributed by atoms with Crippen molar-refractivity contribution in [1.29, 1.82) is 0 Å². The average Bonchev–Trinajstić information content (AvgIpc) is 2.72. The fourth-order valence-electron chi connectivity index (χ4n) is 3.27. The molecule has 0 aliphatic heterocycles. The quantitative estimate of drug-likeness (QED) is 0.403. The Balaban J connectivity index is 0.000000809. The van der Waals surface area contributed by atoms with Crippen LogP contribution in [0.2, 0.25) is 0 Å². The molecule has 0 bridgehead atoms. The maximum absolute atomic E-state index is 12.7. The van der Waals surface area contributed by atoms with Crippen LogP contribution >= 0.6 is 0 Å². The SMILES string of the molecule is Cc1ccccc1S(=O)(=O)Nc1ccc(N(CC(C)C)CC(C)C)c(C(=O)O)c1.O=C(O)C(F)(F)F. The maximum atomic E-state index is 12.7. The summed E-state index contributed by atoms with van der Waals surface area (Å²) in [6.45, 7) is 11.5. The minimum absolute atomic E-state index is 0.0799. The van der Waals surface area contributed by atoms with E-state index in [0.717, 1.165) is 0 Å². The molecule has 0 unspecified atom stereocenters. The maximum Gasteiger partial charge on any atom is 0.490 e. The summed E-state index contributed by atoms with van der Waals surface area (Å²) in [4.78, 5) is 23.1. The van der Waals surface area contributed by atoms with Crippen LogP contribution in [-0.4, -0.2) is 49.8 Å². The molecule has 0 amide bonds. The molecule has 0 aromatic heterocycles. The van der Waals surface area contributed by atoms with Gasteiger partial charge in [0.1, 0.15) is 0 Å². The highest BCUT2D eigenvalue weighted by molar-refractivity contribution is 7.92. The summed E-state index contributed by atoms with van der Waals surface area (Å²) >= 11 is 0. The molecule has 2 aromatic carbocycles. The molecular weight excluding hydrogens is 501 g/mol. The molecule has 36 heavy (non-hydrogen) atoms. The van der Waals surface area contributed by atoms with Crippen LogP contribution in [0.1, 0.15) is 43.6 Å². The summed E-state index contributed by atoms with van der Waals surface area (Å²) in [5, 5.41) is 16.9. The molecular formula is C24H31F3N2O6S. The van der Waals surface area contributed by atoms with E-state index in [0.29, 0.717) is 36.2 Å². The van der Waals surface area contributed by atoms with E-state index in [4.69, 9.17) is 9.90 Å². The number of halogens is 3. The Morgan fingerprint density at radius 3 is 1.89 bits per heavy atom. The predicted octanol–water partition coefficient (Wildman–Crippen LogP) is 5.25. The number of anilines is 2. The third-order valence-corrected chi connectivity index (χ3v) is 6.16. The number of carbonyl (C=O) groups is 2. The van der Waals surface area contributed by atoms with E-state index in [-0.39, 0.29) is 16.1 Å². The fraction of sp³-hybridized carbons (Fsp3) is 0.417. The monoisotopic (exact) mass is 532 g/mol. The Kier molecular flexibility index (Phi) is 10.8. The first kappa shape index (κ1) is 30.8. The van der Waals surface area contributed by atoms with Crippen LogP contribution in [0.15, 0.2) is 47.4 Å². The molecule has 2 aromatic rings. The number of aromatic carboxylic acids is 1. The molecule has 3 N–H and O–H groups in total. The lowest BCUT2D eigenvalue weighted by Crippen LogP contribution is -2.32. The van der Waals surface area contributed by atoms with Gasteiger partial charge < -0.3 is 15.1 Å². The summed E-state index contributed by atoms with van der Waals surface area (Å²) in [6, 6.07) is 11.4. The summed E-state index contributed by atoms with van der Waals surface area (Å²) in [5.74, 6) is -3.13. The standard InChI is InChI=1S/C22H30N2O4S.C2HF3O2/c1-15(2)13-24(14-16(3)4)20-11-10-18(12-19(20)22(25)26)23-29(27,28)21-9-7-6-8-17(21)5;3-2(4,5)1(6)7/h6-12,15-16,23H,13-14H2,1-5H3,(H,25,26);(H,6,7). The zero-order valence-electron chi connectivity index (χ0n) is 20.6. The number of alkyl halides is 3. The van der Waals surface area contributed by atoms with Crippen molar-refractivity contribution in [3.05, 3.63) is 53.6 Å². The van der Waals surface area contributed by atoms with Crippen molar-refractivity contribution in [3.63, 3.8) is 0 Å². The van der Waals surface area contributed by atoms with Gasteiger partial charge in [0.2, 0.25) is 0 Å². The second kappa shape index (κ2) is 12.6. The first-order chi connectivity index (χ1) is 16.5. The normalized spacial score (nSPS) is 11.6. The third-order valence-electron chi connectivity index (χ3n) is 4.62. The molecule has 12 heteroatoms. The van der Waals surface area contributed by atoms with Gasteiger partial charge in [-0.15, -0.1) is 0 Å². The molecule has 0 heterocycles. The number of rotatable bonds is 9. The van der Waals surface area contributed by atoms with Crippen LogP contribution in [0.3, 0.4) is 0 Å². The van der Waals surface area contributed by atoms with Gasteiger partial charge in [-0.25, -0.2) is 18.0 Å². The van der Waals surface area contributed by atoms with Crippen LogP contribution in [0.25, 0.3) is 0 Å². The first-order valence-corrected chi connectivity index (χ1v) is 12.4. The fourth-order valence-corrected chi connectivity index (χ4v) is 4.56. The molecule has 0 saturated heterocycles. The van der Waals surface area contributed by atoms with Crippen LogP contribution in [-0.2, 0) is 14.8 Å². The lowest BCUT2D eigenvalue weighted by atomic mass is 10.1. The summed E-state index contributed by atoms with van der Waals surface area (Å²) < 4.78 is 59.7. The van der Waals surface area contributed by atoms with Crippen molar-refractivity contribution < 1.29 is 41.4 Å². The molecule has 200 valence electrons. The van der Waals surface area contributed by atoms with E-state index in [2.05, 4.69) is 37.3 Å². The molecule has 2 rings (SSSR count). The molecule has 0 atom stereocenters. The van der Waals surface area contributed by atoms with E-state index in [1.54, 1.807) is 37.3 Å². The highest BCUT2D eigenvalue weighted by Crippen LogP contribution is 2.28. The smallest absolute Gasteiger partial charge is 0.478 e. The summed E-state index contributed by atoms with van der Waals surface area (Å²) in [5.41, 5.74) is 1.52. The molecule has 0 radical (unpaired) electrons. The number of hydrogen-bond donors (Lipinski definition) is 3. The van der Waals surface area contributed by atoms with E-state index in [1.807, 2.05) is 0 Å². The number of carboxylic acid groups (broad SMARTS) is 2. The number of nitrogens with zero attached hydrogens (tertiary/aromatic N) is 1. The van der Waals surface area contributed by atoms with Gasteiger partial charge in [-0.2, -0.15) is 13.2 Å². The third kappa shape index (κ3) is 9.40. The van der Waals surface area contributed by atoms with E-state index < -0.39 is 28.1 Å². The minimum Gasteiger partial charge on any atom is -0.478 e. The number of aryl methyl sites for hydroxylation is 1. The van der Waals surface area contributed by atoms with Crippen molar-refractivity contribution in [2.24, 2.45) is 11.8 Å². The highest BCUT2D eigenvalue weighted by Gasteiger charge is 2.38. The molecule has 0 saturated carbocycles. The first-order valence-electron chi connectivity index (χ1n) is 11.0. The van der Waals surface area contributed by atoms with E-state index >= 15 is 0 Å². The predicted molar refractivity (Wildman–Crippen MR) is 131 cm³/mol. The Morgan fingerprint density at radius 1 is 0.972 bits per heavy atom. The van der Waals surface area contributed by atoms with E-state index in [9.17, 15) is 31.5 Å². The van der Waals surface area contributed by atoms with Crippen molar-refractivity contribution in [1.82, 2.24) is 0 Å². The zero-order valence-corrected chi connectivity index (χ0v) is 21.4. The molecule has 0 spiro atoms. The Labute approximate surface area is 208 Å². The van der Waals surface area contributed by atoms with Gasteiger partial charge in [-0.05, 0) is 48.6 Å². The summed E-state index contributed by atoms with van der Waals surface area (Å²) in [7, 11) is -3.81. The van der Waals surface area contributed by atoms with Crippen LogP contribution < -0.4 is 9.62 Å². The second-order valence-corrected chi connectivity index (χ2v) is 10.6. The lowest BCUT2D eigenvalue weighted by Gasteiger charge is -2.30. The van der Waals surface area contributed by atoms with Gasteiger partial charge in [0, 0.05) is 18.8 Å². The Hall–Kier alpha value is -3.28. The zero-order chi connectivity index (χ0) is 27.8. The number of aliphatic carboxylic acids is 1. The Bertz CT molecular complexity index is 1150. The van der Waals surface area contributed by atoms with Crippen molar-refractivity contribution in [2.75, 3.05) is 22.7 Å². The van der Waals surface area contributed by atoms with Gasteiger partial charge in [-0.3, -0.25) is 4.72 Å². The Morgan fingerprint density at radius 2 is 1.47 bits per heavy atom. The van der Waals surface area contributed by atoms with Gasteiger partial charge in [0.05, 0.1) is 16.1 Å². The molecule has 0 aliphatic rings. The van der Waals surface area contributed by atoms with Gasteiger partial charge in [-0.1, -0.05) is 45.9 Å². The van der Waals surface area contributed by atoms with Crippen molar-refractivity contribution >= 4 is 33.3 Å². The largest absolute Gasteiger partial charge is 0.490 e. The van der Waals surface area contributed by atoms with Crippen LogP contribution in [0.5, 0.6) is 0 Å². The van der Waals surface area contributed by atoms with Gasteiger partial charge >= 0.3 is 18.1 Å². The van der Waals surface area contributed by atoms with Gasteiger partial charge in [0.25, 0.3) is 10.0 Å².